The minimum absolute atomic E-state index is 0.103. The molecule has 2 N–H and O–H groups in total. The maximum atomic E-state index is 14.1. The van der Waals surface area contributed by atoms with Crippen molar-refractivity contribution in [2.24, 2.45) is 0 Å². The number of fused-ring (bicyclic) bond motifs is 1. The Morgan fingerprint density at radius 3 is 2.15 bits per heavy atom. The van der Waals surface area contributed by atoms with Gasteiger partial charge in [0.15, 0.2) is 0 Å². The highest BCUT2D eigenvalue weighted by molar-refractivity contribution is 6.00. The molecule has 0 aliphatic heterocycles. The van der Waals surface area contributed by atoms with Gasteiger partial charge in [0.25, 0.3) is 5.91 Å². The Morgan fingerprint density at radius 1 is 0.923 bits per heavy atom. The first-order valence-electron chi connectivity index (χ1n) is 13.6. The number of nitrogens with zero attached hydrogens (tertiary/aromatic N) is 1. The highest BCUT2D eigenvalue weighted by Gasteiger charge is 2.41. The molecule has 7 heteroatoms. The quantitative estimate of drug-likeness (QED) is 0.369. The van der Waals surface area contributed by atoms with Crippen LogP contribution < -0.4 is 10.6 Å². The fourth-order valence-electron chi connectivity index (χ4n) is 5.04. The van der Waals surface area contributed by atoms with Crippen molar-refractivity contribution in [1.29, 1.82) is 0 Å². The first-order chi connectivity index (χ1) is 18.4. The average Bonchev–Trinajstić information content (AvgIpc) is 2.80. The second-order valence-electron chi connectivity index (χ2n) is 11.6. The van der Waals surface area contributed by atoms with Crippen LogP contribution in [0.5, 0.6) is 0 Å². The fourth-order valence-corrected chi connectivity index (χ4v) is 5.04. The van der Waals surface area contributed by atoms with Gasteiger partial charge in [-0.2, -0.15) is 0 Å². The van der Waals surface area contributed by atoms with Gasteiger partial charge in [-0.15, -0.1) is 0 Å². The summed E-state index contributed by atoms with van der Waals surface area (Å²) in [6.07, 6.45) is 1.92. The van der Waals surface area contributed by atoms with Crippen LogP contribution in [-0.4, -0.2) is 40.5 Å². The summed E-state index contributed by atoms with van der Waals surface area (Å²) in [5.41, 5.74) is 2.73. The summed E-state index contributed by atoms with van der Waals surface area (Å²) in [5.74, 6) is -0.608. The Balaban J connectivity index is 1.69. The van der Waals surface area contributed by atoms with Crippen molar-refractivity contribution in [1.82, 2.24) is 10.2 Å². The molecule has 3 aromatic rings. The number of alkyl carbamates (subject to hydrolysis) is 1. The smallest absolute Gasteiger partial charge is 0.408 e. The van der Waals surface area contributed by atoms with E-state index in [1.807, 2.05) is 74.5 Å². The molecule has 1 fully saturated rings. The third kappa shape index (κ3) is 6.96. The Kier molecular flexibility index (Phi) is 8.28. The van der Waals surface area contributed by atoms with E-state index < -0.39 is 23.8 Å². The first kappa shape index (κ1) is 28.1. The van der Waals surface area contributed by atoms with Crippen LogP contribution in [0.1, 0.15) is 69.7 Å². The average molecular weight is 530 g/mol. The summed E-state index contributed by atoms with van der Waals surface area (Å²) in [5, 5.41) is 7.84. The summed E-state index contributed by atoms with van der Waals surface area (Å²) in [7, 11) is 0. The molecule has 0 radical (unpaired) electrons. The highest BCUT2D eigenvalue weighted by atomic mass is 16.6. The molecular weight excluding hydrogens is 490 g/mol. The van der Waals surface area contributed by atoms with Crippen LogP contribution in [0.4, 0.5) is 10.5 Å². The molecule has 39 heavy (non-hydrogen) atoms. The van der Waals surface area contributed by atoms with Gasteiger partial charge in [0, 0.05) is 11.7 Å². The summed E-state index contributed by atoms with van der Waals surface area (Å²) in [4.78, 5) is 42.2. The van der Waals surface area contributed by atoms with Gasteiger partial charge in [-0.25, -0.2) is 4.79 Å². The van der Waals surface area contributed by atoms with E-state index in [-0.39, 0.29) is 17.9 Å². The van der Waals surface area contributed by atoms with Crippen molar-refractivity contribution >= 4 is 34.4 Å². The topological polar surface area (TPSA) is 87.7 Å². The minimum Gasteiger partial charge on any atom is -0.444 e. The van der Waals surface area contributed by atoms with Crippen molar-refractivity contribution in [3.8, 4) is 0 Å². The molecule has 2 atom stereocenters. The Morgan fingerprint density at radius 2 is 1.56 bits per heavy atom. The minimum atomic E-state index is -0.873. The standard InChI is InChI=1S/C32H39N3O4/c1-20-16-21(2)18-25(17-20)28(29(36)34-26-15-14-23-10-7-8-11-24(23)19-26)35(27-12-9-13-27)30(37)22(3)33-31(38)39-32(4,5)6/h7-8,10-11,14-19,22,27-28H,9,12-13H2,1-6H3,(H,33,38)(H,34,36). The Hall–Kier alpha value is -3.87. The lowest BCUT2D eigenvalue weighted by molar-refractivity contribution is -0.145. The largest absolute Gasteiger partial charge is 0.444 e. The Bertz CT molecular complexity index is 1350. The second kappa shape index (κ2) is 11.5. The van der Waals surface area contributed by atoms with Crippen molar-refractivity contribution < 1.29 is 19.1 Å². The molecule has 7 nitrogen and oxygen atoms in total. The van der Waals surface area contributed by atoms with Crippen LogP contribution in [0.15, 0.2) is 60.7 Å². The number of aryl methyl sites for hydroxylation is 2. The van der Waals surface area contributed by atoms with Crippen LogP contribution in [0.3, 0.4) is 0 Å². The molecule has 0 heterocycles. The van der Waals surface area contributed by atoms with Gasteiger partial charge >= 0.3 is 6.09 Å². The van der Waals surface area contributed by atoms with E-state index in [0.29, 0.717) is 5.69 Å². The molecule has 1 aliphatic rings. The SMILES string of the molecule is Cc1cc(C)cc(C(C(=O)Nc2ccc3ccccc3c2)N(C(=O)C(C)NC(=O)OC(C)(C)C)C2CCC2)c1. The van der Waals surface area contributed by atoms with E-state index >= 15 is 0 Å². The molecule has 1 saturated carbocycles. The van der Waals surface area contributed by atoms with Crippen molar-refractivity contribution in [3.63, 3.8) is 0 Å². The molecular formula is C32H39N3O4. The number of anilines is 1. The van der Waals surface area contributed by atoms with Gasteiger partial charge in [0.2, 0.25) is 5.91 Å². The zero-order chi connectivity index (χ0) is 28.3. The molecule has 206 valence electrons. The number of benzene rings is 3. The fraction of sp³-hybridized carbons (Fsp3) is 0.406. The van der Waals surface area contributed by atoms with Crippen LogP contribution in [-0.2, 0) is 14.3 Å². The lowest BCUT2D eigenvalue weighted by Gasteiger charge is -2.43. The molecule has 2 unspecified atom stereocenters. The van der Waals surface area contributed by atoms with Gasteiger partial charge in [0.05, 0.1) is 0 Å². The molecule has 0 aromatic heterocycles. The van der Waals surface area contributed by atoms with Crippen LogP contribution in [0.25, 0.3) is 10.8 Å². The van der Waals surface area contributed by atoms with Crippen molar-refractivity contribution in [3.05, 3.63) is 77.4 Å². The molecule has 3 amide bonds. The number of hydrogen-bond donors (Lipinski definition) is 2. The lowest BCUT2D eigenvalue weighted by atomic mass is 9.87. The van der Waals surface area contributed by atoms with Gasteiger partial charge < -0.3 is 20.3 Å². The molecule has 0 saturated heterocycles. The summed E-state index contributed by atoms with van der Waals surface area (Å²) in [6, 6.07) is 17.9. The number of hydrogen-bond acceptors (Lipinski definition) is 4. The van der Waals surface area contributed by atoms with Gasteiger partial charge in [-0.3, -0.25) is 9.59 Å². The predicted molar refractivity (Wildman–Crippen MR) is 155 cm³/mol. The third-order valence-electron chi connectivity index (χ3n) is 6.93. The van der Waals surface area contributed by atoms with E-state index in [9.17, 15) is 14.4 Å². The number of carbonyl (C=O) groups excluding carboxylic acids is 3. The summed E-state index contributed by atoms with van der Waals surface area (Å²) >= 11 is 0. The van der Waals surface area contributed by atoms with E-state index in [4.69, 9.17) is 4.74 Å². The summed E-state index contributed by atoms with van der Waals surface area (Å²) < 4.78 is 5.38. The summed E-state index contributed by atoms with van der Waals surface area (Å²) in [6.45, 7) is 10.9. The highest BCUT2D eigenvalue weighted by Crippen LogP contribution is 2.35. The zero-order valence-corrected chi connectivity index (χ0v) is 23.7. The molecule has 4 rings (SSSR count). The number of carbonyl (C=O) groups is 3. The van der Waals surface area contributed by atoms with Gasteiger partial charge in [0.1, 0.15) is 17.7 Å². The molecule has 1 aliphatic carbocycles. The monoisotopic (exact) mass is 529 g/mol. The van der Waals surface area contributed by atoms with Gasteiger partial charge in [-0.05, 0) is 89.3 Å². The maximum absolute atomic E-state index is 14.1. The number of amides is 3. The first-order valence-corrected chi connectivity index (χ1v) is 13.6. The predicted octanol–water partition coefficient (Wildman–Crippen LogP) is 6.43. The van der Waals surface area contributed by atoms with Crippen LogP contribution in [0.2, 0.25) is 0 Å². The number of nitrogens with one attached hydrogen (secondary N) is 2. The van der Waals surface area contributed by atoms with Gasteiger partial charge in [-0.1, -0.05) is 59.7 Å². The van der Waals surface area contributed by atoms with Crippen LogP contribution >= 0.6 is 0 Å². The number of ether oxygens (including phenoxy) is 1. The normalized spacial score (nSPS) is 15.1. The van der Waals surface area contributed by atoms with Crippen LogP contribution in [0, 0.1) is 13.8 Å². The Labute approximate surface area is 230 Å². The molecule has 3 aromatic carbocycles. The third-order valence-corrected chi connectivity index (χ3v) is 6.93. The van der Waals surface area contributed by atoms with E-state index in [1.165, 1.54) is 0 Å². The maximum Gasteiger partial charge on any atom is 0.408 e. The number of rotatable bonds is 7. The van der Waals surface area contributed by atoms with Crippen molar-refractivity contribution in [2.45, 2.75) is 84.5 Å². The lowest BCUT2D eigenvalue weighted by Crippen LogP contribution is -2.56. The van der Waals surface area contributed by atoms with E-state index in [1.54, 1.807) is 32.6 Å². The molecule has 0 spiro atoms. The van der Waals surface area contributed by atoms with E-state index in [2.05, 4.69) is 10.6 Å². The second-order valence-corrected chi connectivity index (χ2v) is 11.6. The van der Waals surface area contributed by atoms with Crippen molar-refractivity contribution in [2.75, 3.05) is 5.32 Å². The molecule has 0 bridgehead atoms. The van der Waals surface area contributed by atoms with E-state index in [0.717, 1.165) is 46.7 Å². The zero-order valence-electron chi connectivity index (χ0n) is 23.7.